The molecule has 2 aromatic carbocycles. The maximum atomic E-state index is 13.0. The molecular formula is C29H32N2O3S. The van der Waals surface area contributed by atoms with E-state index in [9.17, 15) is 4.79 Å². The third-order valence-electron chi connectivity index (χ3n) is 7.55. The summed E-state index contributed by atoms with van der Waals surface area (Å²) in [6.07, 6.45) is 6.26. The summed E-state index contributed by atoms with van der Waals surface area (Å²) in [6, 6.07) is 18.3. The van der Waals surface area contributed by atoms with E-state index in [1.165, 1.54) is 22.5 Å². The summed E-state index contributed by atoms with van der Waals surface area (Å²) in [5.74, 6) is 0.853. The molecular weight excluding hydrogens is 456 g/mol. The van der Waals surface area contributed by atoms with Gasteiger partial charge in [0.05, 0.1) is 24.8 Å². The zero-order valence-electron chi connectivity index (χ0n) is 20.3. The summed E-state index contributed by atoms with van der Waals surface area (Å²) >= 11 is 1.54. The predicted molar refractivity (Wildman–Crippen MR) is 141 cm³/mol. The molecule has 6 heteroatoms. The quantitative estimate of drug-likeness (QED) is 0.490. The number of carbonyl (C=O) groups excluding carboxylic acids is 1. The van der Waals surface area contributed by atoms with E-state index < -0.39 is 0 Å². The van der Waals surface area contributed by atoms with Gasteiger partial charge < -0.3 is 14.8 Å². The normalized spacial score (nSPS) is 21.3. The van der Waals surface area contributed by atoms with Crippen LogP contribution in [0.1, 0.15) is 45.9 Å². The Bertz CT molecular complexity index is 1180. The number of likely N-dealkylation sites (tertiary alicyclic amines) is 1. The van der Waals surface area contributed by atoms with Gasteiger partial charge in [0.1, 0.15) is 5.75 Å². The lowest BCUT2D eigenvalue weighted by molar-refractivity contribution is -0.00973. The van der Waals surface area contributed by atoms with Crippen LogP contribution in [0.2, 0.25) is 0 Å². The van der Waals surface area contributed by atoms with Crippen LogP contribution in [0.4, 0.5) is 0 Å². The van der Waals surface area contributed by atoms with Gasteiger partial charge in [-0.25, -0.2) is 0 Å². The predicted octanol–water partition coefficient (Wildman–Crippen LogP) is 5.30. The van der Waals surface area contributed by atoms with Crippen LogP contribution in [0.3, 0.4) is 0 Å². The number of fused-ring (bicyclic) bond motifs is 2. The largest absolute Gasteiger partial charge is 0.496 e. The van der Waals surface area contributed by atoms with Crippen molar-refractivity contribution in [1.29, 1.82) is 0 Å². The highest BCUT2D eigenvalue weighted by atomic mass is 32.1. The summed E-state index contributed by atoms with van der Waals surface area (Å²) in [4.78, 5) is 15.4. The highest BCUT2D eigenvalue weighted by Gasteiger charge is 2.53. The van der Waals surface area contributed by atoms with E-state index in [1.54, 1.807) is 14.2 Å². The van der Waals surface area contributed by atoms with Crippen molar-refractivity contribution in [1.82, 2.24) is 10.2 Å². The van der Waals surface area contributed by atoms with Gasteiger partial charge in [0.15, 0.2) is 0 Å². The van der Waals surface area contributed by atoms with E-state index in [4.69, 9.17) is 9.47 Å². The number of hydrogen-bond acceptors (Lipinski definition) is 5. The van der Waals surface area contributed by atoms with Crippen molar-refractivity contribution in [2.45, 2.75) is 30.4 Å². The molecule has 1 saturated heterocycles. The molecule has 1 aliphatic carbocycles. The minimum atomic E-state index is -0.152. The highest BCUT2D eigenvalue weighted by Crippen LogP contribution is 2.52. The lowest BCUT2D eigenvalue weighted by atomic mass is 9.72. The molecule has 5 nitrogen and oxygen atoms in total. The number of thiophene rings is 1. The fraction of sp³-hybridized carbons (Fsp3) is 0.345. The summed E-state index contributed by atoms with van der Waals surface area (Å²) in [5.41, 5.74) is 4.22. The molecule has 1 fully saturated rings. The molecule has 1 N–H and O–H groups in total. The Morgan fingerprint density at radius 3 is 2.63 bits per heavy atom. The number of hydrogen-bond donors (Lipinski definition) is 1. The van der Waals surface area contributed by atoms with Crippen molar-refractivity contribution in [2.24, 2.45) is 0 Å². The molecule has 2 heterocycles. The maximum Gasteiger partial charge on any atom is 0.252 e. The van der Waals surface area contributed by atoms with Crippen LogP contribution in [0.25, 0.3) is 6.08 Å². The first-order valence-electron chi connectivity index (χ1n) is 12.1. The first-order valence-corrected chi connectivity index (χ1v) is 13.1. The maximum absolute atomic E-state index is 13.0. The summed E-state index contributed by atoms with van der Waals surface area (Å²) in [5, 5.41) is 7.12. The van der Waals surface area contributed by atoms with Crippen molar-refractivity contribution < 1.29 is 14.3 Å². The Labute approximate surface area is 211 Å². The van der Waals surface area contributed by atoms with Crippen molar-refractivity contribution in [3.05, 3.63) is 93.7 Å². The number of benzene rings is 2. The van der Waals surface area contributed by atoms with Crippen LogP contribution in [0.15, 0.2) is 71.4 Å². The first kappa shape index (κ1) is 23.8. The SMILES string of the molecule is COc1ccccc1C=CCN1CCC2(CC1)c1ccccc1[C@@H](NC(=O)c1ccsc1)[C@@H]2OC. The lowest BCUT2D eigenvalue weighted by Gasteiger charge is -2.44. The van der Waals surface area contributed by atoms with Crippen LogP contribution in [-0.2, 0) is 10.2 Å². The van der Waals surface area contributed by atoms with E-state index in [-0.39, 0.29) is 23.5 Å². The Hall–Kier alpha value is -2.93. The number of para-hydroxylation sites is 1. The van der Waals surface area contributed by atoms with E-state index in [0.29, 0.717) is 5.56 Å². The van der Waals surface area contributed by atoms with Crippen LogP contribution in [0, 0.1) is 0 Å². The minimum Gasteiger partial charge on any atom is -0.496 e. The van der Waals surface area contributed by atoms with Gasteiger partial charge in [-0.2, -0.15) is 11.3 Å². The fourth-order valence-corrected chi connectivity index (χ4v) is 6.45. The molecule has 1 amide bonds. The fourth-order valence-electron chi connectivity index (χ4n) is 5.81. The standard InChI is InChI=1S/C29H32N2O3S/c1-33-25-12-6-3-8-21(25)9-7-16-31-17-14-29(15-18-31)24-11-5-4-10-23(24)26(27(29)34-2)30-28(32)22-13-19-35-20-22/h3-13,19-20,26-27H,14-18H2,1-2H3,(H,30,32)/t26-,27+/m1/s1. The van der Waals surface area contributed by atoms with Gasteiger partial charge in [-0.05, 0) is 54.6 Å². The molecule has 0 radical (unpaired) electrons. The average molecular weight is 489 g/mol. The molecule has 1 spiro atoms. The number of carbonyl (C=O) groups is 1. The van der Waals surface area contributed by atoms with Gasteiger partial charge in [-0.15, -0.1) is 0 Å². The minimum absolute atomic E-state index is 0.0379. The van der Waals surface area contributed by atoms with E-state index >= 15 is 0 Å². The van der Waals surface area contributed by atoms with E-state index in [1.807, 2.05) is 35.0 Å². The Balaban J connectivity index is 1.31. The van der Waals surface area contributed by atoms with Crippen LogP contribution >= 0.6 is 11.3 Å². The topological polar surface area (TPSA) is 50.8 Å². The molecule has 2 atom stereocenters. The van der Waals surface area contributed by atoms with Crippen molar-refractivity contribution in [3.63, 3.8) is 0 Å². The van der Waals surface area contributed by atoms with Gasteiger partial charge in [-0.3, -0.25) is 9.69 Å². The van der Waals surface area contributed by atoms with Crippen LogP contribution in [0.5, 0.6) is 5.75 Å². The van der Waals surface area contributed by atoms with Gasteiger partial charge in [-0.1, -0.05) is 54.6 Å². The molecule has 5 rings (SSSR count). The molecule has 1 aliphatic heterocycles. The van der Waals surface area contributed by atoms with E-state index in [2.05, 4.69) is 52.7 Å². The molecule has 0 unspecified atom stereocenters. The molecule has 0 saturated carbocycles. The second kappa shape index (κ2) is 10.4. The second-order valence-electron chi connectivity index (χ2n) is 9.31. The van der Waals surface area contributed by atoms with Crippen molar-refractivity contribution in [2.75, 3.05) is 33.9 Å². The van der Waals surface area contributed by atoms with E-state index in [0.717, 1.165) is 43.8 Å². The number of rotatable bonds is 7. The molecule has 182 valence electrons. The van der Waals surface area contributed by atoms with Crippen molar-refractivity contribution >= 4 is 23.3 Å². The average Bonchev–Trinajstić information content (AvgIpc) is 3.52. The van der Waals surface area contributed by atoms with Gasteiger partial charge in [0, 0.05) is 30.0 Å². The first-order chi connectivity index (χ1) is 17.2. The lowest BCUT2D eigenvalue weighted by Crippen LogP contribution is -2.50. The van der Waals surface area contributed by atoms with Gasteiger partial charge in [0.2, 0.25) is 0 Å². The number of ether oxygens (including phenoxy) is 2. The van der Waals surface area contributed by atoms with Gasteiger partial charge in [0.25, 0.3) is 5.91 Å². The smallest absolute Gasteiger partial charge is 0.252 e. The summed E-state index contributed by atoms with van der Waals surface area (Å²) in [7, 11) is 3.49. The zero-order valence-corrected chi connectivity index (χ0v) is 21.1. The third-order valence-corrected chi connectivity index (χ3v) is 8.23. The number of methoxy groups -OCH3 is 2. The number of piperidine rings is 1. The number of nitrogens with one attached hydrogen (secondary N) is 1. The Kier molecular flexibility index (Phi) is 7.04. The van der Waals surface area contributed by atoms with Gasteiger partial charge >= 0.3 is 0 Å². The Morgan fingerprint density at radius 1 is 1.11 bits per heavy atom. The van der Waals surface area contributed by atoms with Crippen LogP contribution in [-0.4, -0.2) is 50.8 Å². The molecule has 2 aliphatic rings. The molecule has 35 heavy (non-hydrogen) atoms. The summed E-state index contributed by atoms with van der Waals surface area (Å²) < 4.78 is 11.6. The number of amides is 1. The molecule has 3 aromatic rings. The second-order valence-corrected chi connectivity index (χ2v) is 10.1. The molecule has 0 bridgehead atoms. The molecule has 1 aromatic heterocycles. The van der Waals surface area contributed by atoms with Crippen molar-refractivity contribution in [3.8, 4) is 5.75 Å². The van der Waals surface area contributed by atoms with Crippen LogP contribution < -0.4 is 10.1 Å². The number of nitrogens with zero attached hydrogens (tertiary/aromatic N) is 1. The highest BCUT2D eigenvalue weighted by molar-refractivity contribution is 7.08. The monoisotopic (exact) mass is 488 g/mol. The Morgan fingerprint density at radius 2 is 1.89 bits per heavy atom. The third kappa shape index (κ3) is 4.54. The zero-order chi connectivity index (χ0) is 24.3. The summed E-state index contributed by atoms with van der Waals surface area (Å²) in [6.45, 7) is 2.86.